The van der Waals surface area contributed by atoms with Crippen LogP contribution in [0.2, 0.25) is 0 Å². The van der Waals surface area contributed by atoms with Crippen LogP contribution < -0.4 is 10.2 Å². The Balaban J connectivity index is 1.28. The standard InChI is InChI=1S/C28H36N4OS/c1-21-6-4-7-22(2)27(21)28(33)30-14-9-23(3)31-15-10-25(11-16-31)32(19-24-12-17-34-20-24)26-8-5-13-29-18-26/h4-8,12-13,17-18,20,23,25H,9-11,14-16,19H2,1-3H3,(H,30,33). The van der Waals surface area contributed by atoms with Gasteiger partial charge in [-0.2, -0.15) is 11.3 Å². The molecule has 4 rings (SSSR count). The van der Waals surface area contributed by atoms with Gasteiger partial charge in [-0.3, -0.25) is 9.78 Å². The lowest BCUT2D eigenvalue weighted by Crippen LogP contribution is -2.48. The highest BCUT2D eigenvalue weighted by Crippen LogP contribution is 2.27. The second-order valence-electron chi connectivity index (χ2n) is 9.40. The van der Waals surface area contributed by atoms with Gasteiger partial charge in [0.1, 0.15) is 0 Å². The van der Waals surface area contributed by atoms with Gasteiger partial charge in [-0.15, -0.1) is 0 Å². The topological polar surface area (TPSA) is 48.5 Å². The minimum Gasteiger partial charge on any atom is -0.363 e. The first-order valence-corrected chi connectivity index (χ1v) is 13.2. The number of amides is 1. The maximum absolute atomic E-state index is 12.7. The summed E-state index contributed by atoms with van der Waals surface area (Å²) in [6, 6.07) is 13.4. The molecule has 1 aliphatic rings. The van der Waals surface area contributed by atoms with Crippen molar-refractivity contribution in [3.63, 3.8) is 0 Å². The first kappa shape index (κ1) is 24.4. The zero-order chi connectivity index (χ0) is 23.9. The number of likely N-dealkylation sites (tertiary alicyclic amines) is 1. The molecule has 5 nitrogen and oxygen atoms in total. The van der Waals surface area contributed by atoms with E-state index in [2.05, 4.69) is 49.9 Å². The Kier molecular flexibility index (Phi) is 8.35. The van der Waals surface area contributed by atoms with Gasteiger partial charge in [-0.1, -0.05) is 18.2 Å². The van der Waals surface area contributed by atoms with E-state index in [9.17, 15) is 4.79 Å². The van der Waals surface area contributed by atoms with Crippen LogP contribution in [0, 0.1) is 13.8 Å². The maximum Gasteiger partial charge on any atom is 0.251 e. The number of nitrogens with zero attached hydrogens (tertiary/aromatic N) is 3. The summed E-state index contributed by atoms with van der Waals surface area (Å²) in [6.07, 6.45) is 7.06. The monoisotopic (exact) mass is 476 g/mol. The molecule has 1 N–H and O–H groups in total. The molecule has 1 aliphatic heterocycles. The van der Waals surface area contributed by atoms with Crippen LogP contribution >= 0.6 is 11.3 Å². The zero-order valence-electron chi connectivity index (χ0n) is 20.5. The SMILES string of the molecule is Cc1cccc(C)c1C(=O)NCCC(C)N1CCC(N(Cc2ccsc2)c2cccnc2)CC1. The van der Waals surface area contributed by atoms with Crippen LogP contribution in [0.1, 0.15) is 53.2 Å². The van der Waals surface area contributed by atoms with Crippen molar-refractivity contribution in [2.45, 2.75) is 58.7 Å². The predicted octanol–water partition coefficient (Wildman–Crippen LogP) is 5.44. The molecule has 1 saturated heterocycles. The largest absolute Gasteiger partial charge is 0.363 e. The number of pyridine rings is 1. The lowest BCUT2D eigenvalue weighted by molar-refractivity contribution is 0.0944. The summed E-state index contributed by atoms with van der Waals surface area (Å²) in [5.74, 6) is 0.0436. The van der Waals surface area contributed by atoms with Crippen LogP contribution in [-0.2, 0) is 6.54 Å². The molecule has 0 aliphatic carbocycles. The molecule has 6 heteroatoms. The molecule has 3 aromatic rings. The number of thiophene rings is 1. The van der Waals surface area contributed by atoms with Crippen molar-refractivity contribution in [2.24, 2.45) is 0 Å². The van der Waals surface area contributed by atoms with E-state index in [-0.39, 0.29) is 5.91 Å². The summed E-state index contributed by atoms with van der Waals surface area (Å²) in [7, 11) is 0. The molecule has 0 radical (unpaired) electrons. The summed E-state index contributed by atoms with van der Waals surface area (Å²) < 4.78 is 0. The molecule has 1 amide bonds. The minimum absolute atomic E-state index is 0.0436. The normalized spacial score (nSPS) is 15.7. The Hall–Kier alpha value is -2.70. The molecule has 180 valence electrons. The van der Waals surface area contributed by atoms with Gasteiger partial charge >= 0.3 is 0 Å². The Labute approximate surface area is 207 Å². The molecule has 1 unspecified atom stereocenters. The lowest BCUT2D eigenvalue weighted by atomic mass is 9.99. The molecular formula is C28H36N4OS. The fraction of sp³-hybridized carbons (Fsp3) is 0.429. The second kappa shape index (κ2) is 11.6. The third-order valence-electron chi connectivity index (χ3n) is 7.03. The molecule has 3 heterocycles. The highest BCUT2D eigenvalue weighted by Gasteiger charge is 2.27. The third kappa shape index (κ3) is 6.05. The third-order valence-corrected chi connectivity index (χ3v) is 7.76. The number of nitrogens with one attached hydrogen (secondary N) is 1. The van der Waals surface area contributed by atoms with Gasteiger partial charge in [0.05, 0.1) is 11.9 Å². The van der Waals surface area contributed by atoms with Crippen LogP contribution in [-0.4, -0.2) is 47.5 Å². The first-order chi connectivity index (χ1) is 16.5. The van der Waals surface area contributed by atoms with Crippen molar-refractivity contribution in [1.29, 1.82) is 0 Å². The molecule has 34 heavy (non-hydrogen) atoms. The number of carbonyl (C=O) groups excluding carboxylic acids is 1. The summed E-state index contributed by atoms with van der Waals surface area (Å²) in [4.78, 5) is 22.2. The van der Waals surface area contributed by atoms with E-state index in [1.165, 1.54) is 11.3 Å². The minimum atomic E-state index is 0.0436. The molecule has 1 atom stereocenters. The van der Waals surface area contributed by atoms with Gasteiger partial charge in [0.25, 0.3) is 5.91 Å². The zero-order valence-corrected chi connectivity index (χ0v) is 21.4. The van der Waals surface area contributed by atoms with Gasteiger partial charge < -0.3 is 15.1 Å². The lowest BCUT2D eigenvalue weighted by Gasteiger charge is -2.41. The summed E-state index contributed by atoms with van der Waals surface area (Å²) >= 11 is 1.76. The Morgan fingerprint density at radius 2 is 1.94 bits per heavy atom. The fourth-order valence-corrected chi connectivity index (χ4v) is 5.67. The van der Waals surface area contributed by atoms with Crippen LogP contribution in [0.4, 0.5) is 5.69 Å². The Morgan fingerprint density at radius 3 is 2.59 bits per heavy atom. The van der Waals surface area contributed by atoms with Crippen molar-refractivity contribution in [1.82, 2.24) is 15.2 Å². The van der Waals surface area contributed by atoms with E-state index in [1.54, 1.807) is 11.3 Å². The highest BCUT2D eigenvalue weighted by atomic mass is 32.1. The number of hydrogen-bond acceptors (Lipinski definition) is 5. The van der Waals surface area contributed by atoms with Gasteiger partial charge in [0.2, 0.25) is 0 Å². The van der Waals surface area contributed by atoms with E-state index >= 15 is 0 Å². The average molecular weight is 477 g/mol. The maximum atomic E-state index is 12.7. The van der Waals surface area contributed by atoms with Crippen LogP contribution in [0.5, 0.6) is 0 Å². The van der Waals surface area contributed by atoms with Crippen molar-refractivity contribution in [3.05, 3.63) is 81.8 Å². The van der Waals surface area contributed by atoms with Gasteiger partial charge in [-0.05, 0) is 85.7 Å². The van der Waals surface area contributed by atoms with Crippen LogP contribution in [0.15, 0.2) is 59.6 Å². The van der Waals surface area contributed by atoms with E-state index in [0.29, 0.717) is 18.6 Å². The molecule has 0 saturated carbocycles. The average Bonchev–Trinajstić information content (AvgIpc) is 3.36. The van der Waals surface area contributed by atoms with Crippen molar-refractivity contribution in [3.8, 4) is 0 Å². The number of benzene rings is 1. The number of aryl methyl sites for hydroxylation is 2. The number of carbonyl (C=O) groups is 1. The smallest absolute Gasteiger partial charge is 0.251 e. The summed E-state index contributed by atoms with van der Waals surface area (Å²) in [6.45, 7) is 10.1. The van der Waals surface area contributed by atoms with E-state index in [0.717, 1.165) is 55.6 Å². The quantitative estimate of drug-likeness (QED) is 0.447. The Bertz CT molecular complexity index is 1030. The van der Waals surface area contributed by atoms with Crippen LogP contribution in [0.3, 0.4) is 0 Å². The second-order valence-corrected chi connectivity index (χ2v) is 10.2. The number of aromatic nitrogens is 1. The molecule has 2 aromatic heterocycles. The van der Waals surface area contributed by atoms with E-state index in [4.69, 9.17) is 0 Å². The van der Waals surface area contributed by atoms with Gasteiger partial charge in [0.15, 0.2) is 0 Å². The number of hydrogen-bond donors (Lipinski definition) is 1. The number of piperidine rings is 1. The van der Waals surface area contributed by atoms with Gasteiger partial charge in [-0.25, -0.2) is 0 Å². The summed E-state index contributed by atoms with van der Waals surface area (Å²) in [5, 5.41) is 7.54. The number of rotatable bonds is 9. The van der Waals surface area contributed by atoms with Crippen molar-refractivity contribution in [2.75, 3.05) is 24.5 Å². The fourth-order valence-electron chi connectivity index (χ4n) is 5.01. The summed E-state index contributed by atoms with van der Waals surface area (Å²) in [5.41, 5.74) is 5.46. The molecule has 0 spiro atoms. The van der Waals surface area contributed by atoms with E-state index in [1.807, 2.05) is 50.5 Å². The molecule has 0 bridgehead atoms. The van der Waals surface area contributed by atoms with Crippen molar-refractivity contribution < 1.29 is 4.79 Å². The Morgan fingerprint density at radius 1 is 1.18 bits per heavy atom. The van der Waals surface area contributed by atoms with Crippen LogP contribution in [0.25, 0.3) is 0 Å². The molecule has 1 fully saturated rings. The molecular weight excluding hydrogens is 440 g/mol. The predicted molar refractivity (Wildman–Crippen MR) is 142 cm³/mol. The molecule has 1 aromatic carbocycles. The van der Waals surface area contributed by atoms with Gasteiger partial charge in [0, 0.05) is 50.0 Å². The number of anilines is 1. The highest BCUT2D eigenvalue weighted by molar-refractivity contribution is 7.07. The van der Waals surface area contributed by atoms with E-state index < -0.39 is 0 Å². The van der Waals surface area contributed by atoms with Crippen molar-refractivity contribution >= 4 is 22.9 Å². The first-order valence-electron chi connectivity index (χ1n) is 12.3.